The molecule has 26 heavy (non-hydrogen) atoms. The van der Waals surface area contributed by atoms with E-state index in [9.17, 15) is 24.6 Å². The van der Waals surface area contributed by atoms with Crippen molar-refractivity contribution in [1.82, 2.24) is 0 Å². The van der Waals surface area contributed by atoms with Gasteiger partial charge in [0.15, 0.2) is 0 Å². The standard InChI is InChI=1S/C21H34O5/c22-17(9-3-1-5-11-20(18(23)24)13-7-14-20)10-4-2-6-12-21(19(25)26)15-8-16-21/h1-16H2,(H,23,24)(H,25,26). The molecule has 0 spiro atoms. The molecule has 0 heterocycles. The molecule has 0 unspecified atom stereocenters. The normalized spacial score (nSPS) is 20.0. The minimum atomic E-state index is -0.647. The van der Waals surface area contributed by atoms with Gasteiger partial charge < -0.3 is 10.2 Å². The van der Waals surface area contributed by atoms with Crippen LogP contribution in [0.1, 0.15) is 103 Å². The van der Waals surface area contributed by atoms with E-state index in [1.165, 1.54) is 0 Å². The molecule has 0 radical (unpaired) electrons. The molecule has 5 heteroatoms. The molecule has 2 saturated carbocycles. The van der Waals surface area contributed by atoms with E-state index in [-0.39, 0.29) is 5.78 Å². The van der Waals surface area contributed by atoms with E-state index in [1.54, 1.807) is 0 Å². The summed E-state index contributed by atoms with van der Waals surface area (Å²) in [6.07, 6.45) is 13.4. The quantitative estimate of drug-likeness (QED) is 0.424. The molecule has 0 aromatic heterocycles. The van der Waals surface area contributed by atoms with E-state index in [1.807, 2.05) is 0 Å². The van der Waals surface area contributed by atoms with Crippen LogP contribution in [-0.2, 0) is 14.4 Å². The molecule has 148 valence electrons. The topological polar surface area (TPSA) is 91.7 Å². The van der Waals surface area contributed by atoms with Gasteiger partial charge in [-0.05, 0) is 51.4 Å². The predicted octanol–water partition coefficient (Wildman–Crippen LogP) is 4.97. The van der Waals surface area contributed by atoms with E-state index in [0.29, 0.717) is 12.8 Å². The summed E-state index contributed by atoms with van der Waals surface area (Å²) in [7, 11) is 0. The Bertz CT molecular complexity index is 459. The number of carboxylic acids is 2. The monoisotopic (exact) mass is 366 g/mol. The van der Waals surface area contributed by atoms with Gasteiger partial charge >= 0.3 is 11.9 Å². The smallest absolute Gasteiger partial charge is 0.309 e. The molecule has 2 aliphatic rings. The fourth-order valence-corrected chi connectivity index (χ4v) is 4.40. The molecule has 0 aliphatic heterocycles. The number of ketones is 1. The lowest BCUT2D eigenvalue weighted by molar-refractivity contribution is -0.156. The molecule has 2 aliphatic carbocycles. The van der Waals surface area contributed by atoms with Gasteiger partial charge in [0.1, 0.15) is 5.78 Å². The van der Waals surface area contributed by atoms with Crippen molar-refractivity contribution in [2.24, 2.45) is 10.8 Å². The predicted molar refractivity (Wildman–Crippen MR) is 99.0 cm³/mol. The zero-order chi connectivity index (χ0) is 19.0. The van der Waals surface area contributed by atoms with E-state index in [4.69, 9.17) is 0 Å². The van der Waals surface area contributed by atoms with Gasteiger partial charge in [0, 0.05) is 12.8 Å². The van der Waals surface area contributed by atoms with E-state index >= 15 is 0 Å². The molecule has 0 aromatic carbocycles. The van der Waals surface area contributed by atoms with Crippen LogP contribution >= 0.6 is 0 Å². The molecule has 0 saturated heterocycles. The van der Waals surface area contributed by atoms with Gasteiger partial charge in [0.2, 0.25) is 0 Å². The van der Waals surface area contributed by atoms with Crippen molar-refractivity contribution in [2.75, 3.05) is 0 Å². The number of aliphatic carboxylic acids is 2. The van der Waals surface area contributed by atoms with Crippen LogP contribution in [0.2, 0.25) is 0 Å². The fourth-order valence-electron chi connectivity index (χ4n) is 4.40. The Morgan fingerprint density at radius 3 is 1.27 bits per heavy atom. The first kappa shape index (κ1) is 20.9. The van der Waals surface area contributed by atoms with Crippen molar-refractivity contribution in [2.45, 2.75) is 103 Å². The minimum Gasteiger partial charge on any atom is -0.481 e. The zero-order valence-electron chi connectivity index (χ0n) is 15.9. The number of carbonyl (C=O) groups excluding carboxylic acids is 1. The molecular weight excluding hydrogens is 332 g/mol. The number of rotatable bonds is 14. The maximum atomic E-state index is 11.9. The second kappa shape index (κ2) is 9.52. The highest BCUT2D eigenvalue weighted by Crippen LogP contribution is 2.46. The van der Waals surface area contributed by atoms with Crippen molar-refractivity contribution in [3.05, 3.63) is 0 Å². The number of Topliss-reactive ketones (excluding diaryl/α,β-unsaturated/α-hetero) is 1. The lowest BCUT2D eigenvalue weighted by Crippen LogP contribution is -2.37. The van der Waals surface area contributed by atoms with Gasteiger partial charge in [-0.1, -0.05) is 38.5 Å². The molecule has 0 atom stereocenters. The van der Waals surface area contributed by atoms with Crippen LogP contribution in [0.3, 0.4) is 0 Å². The Kier molecular flexibility index (Phi) is 7.66. The molecule has 0 amide bonds. The first-order chi connectivity index (χ1) is 12.4. The second-order valence-electron chi connectivity index (χ2n) is 8.54. The van der Waals surface area contributed by atoms with Crippen LogP contribution in [0.25, 0.3) is 0 Å². The summed E-state index contributed by atoms with van der Waals surface area (Å²) in [4.78, 5) is 34.5. The summed E-state index contributed by atoms with van der Waals surface area (Å²) >= 11 is 0. The highest BCUT2D eigenvalue weighted by atomic mass is 16.4. The number of unbranched alkanes of at least 4 members (excludes halogenated alkanes) is 4. The lowest BCUT2D eigenvalue weighted by Gasteiger charge is -2.37. The lowest BCUT2D eigenvalue weighted by atomic mass is 9.66. The third-order valence-corrected chi connectivity index (χ3v) is 6.75. The molecule has 0 bridgehead atoms. The summed E-state index contributed by atoms with van der Waals surface area (Å²) in [5.41, 5.74) is -0.921. The molecule has 2 fully saturated rings. The zero-order valence-corrected chi connectivity index (χ0v) is 15.9. The van der Waals surface area contributed by atoms with Crippen LogP contribution in [0.15, 0.2) is 0 Å². The van der Waals surface area contributed by atoms with Crippen molar-refractivity contribution in [1.29, 1.82) is 0 Å². The van der Waals surface area contributed by atoms with Crippen LogP contribution in [0.4, 0.5) is 0 Å². The van der Waals surface area contributed by atoms with E-state index in [2.05, 4.69) is 0 Å². The molecule has 0 aromatic rings. The van der Waals surface area contributed by atoms with E-state index in [0.717, 1.165) is 89.9 Å². The first-order valence-corrected chi connectivity index (χ1v) is 10.4. The Hall–Kier alpha value is -1.39. The van der Waals surface area contributed by atoms with Crippen LogP contribution < -0.4 is 0 Å². The van der Waals surface area contributed by atoms with Crippen molar-refractivity contribution in [3.8, 4) is 0 Å². The van der Waals surface area contributed by atoms with Crippen molar-refractivity contribution >= 4 is 17.7 Å². The molecular formula is C21H34O5. The largest absolute Gasteiger partial charge is 0.481 e. The maximum Gasteiger partial charge on any atom is 0.309 e. The summed E-state index contributed by atoms with van der Waals surface area (Å²) in [5, 5.41) is 18.6. The van der Waals surface area contributed by atoms with Crippen LogP contribution in [-0.4, -0.2) is 27.9 Å². The first-order valence-electron chi connectivity index (χ1n) is 10.4. The maximum absolute atomic E-state index is 11.9. The number of carboxylic acid groups (broad SMARTS) is 2. The van der Waals surface area contributed by atoms with Crippen molar-refractivity contribution < 1.29 is 24.6 Å². The van der Waals surface area contributed by atoms with Gasteiger partial charge in [-0.2, -0.15) is 0 Å². The van der Waals surface area contributed by atoms with Gasteiger partial charge in [-0.15, -0.1) is 0 Å². The van der Waals surface area contributed by atoms with E-state index < -0.39 is 22.8 Å². The summed E-state index contributed by atoms with van der Waals surface area (Å²) < 4.78 is 0. The Labute approximate surface area is 156 Å². The average Bonchev–Trinajstić information content (AvgIpc) is 2.50. The Morgan fingerprint density at radius 2 is 1.00 bits per heavy atom. The van der Waals surface area contributed by atoms with Crippen LogP contribution in [0.5, 0.6) is 0 Å². The van der Waals surface area contributed by atoms with Gasteiger partial charge in [-0.3, -0.25) is 14.4 Å². The average molecular weight is 366 g/mol. The van der Waals surface area contributed by atoms with Gasteiger partial charge in [0.05, 0.1) is 10.8 Å². The second-order valence-corrected chi connectivity index (χ2v) is 8.54. The summed E-state index contributed by atoms with van der Waals surface area (Å²) in [5.74, 6) is -1.00. The number of carbonyl (C=O) groups is 3. The molecule has 2 N–H and O–H groups in total. The van der Waals surface area contributed by atoms with Crippen molar-refractivity contribution in [3.63, 3.8) is 0 Å². The number of hydrogen-bond donors (Lipinski definition) is 2. The van der Waals surface area contributed by atoms with Gasteiger partial charge in [0.25, 0.3) is 0 Å². The van der Waals surface area contributed by atoms with Gasteiger partial charge in [-0.25, -0.2) is 0 Å². The molecule has 2 rings (SSSR count). The highest BCUT2D eigenvalue weighted by molar-refractivity contribution is 5.78. The Balaban J connectivity index is 1.45. The number of hydrogen-bond acceptors (Lipinski definition) is 3. The minimum absolute atomic E-state index is 0.290. The Morgan fingerprint density at radius 1 is 0.615 bits per heavy atom. The fraction of sp³-hybridized carbons (Fsp3) is 0.857. The summed E-state index contributed by atoms with van der Waals surface area (Å²) in [6.45, 7) is 0. The third-order valence-electron chi connectivity index (χ3n) is 6.75. The van der Waals surface area contributed by atoms with Crippen LogP contribution in [0, 0.1) is 10.8 Å². The highest BCUT2D eigenvalue weighted by Gasteiger charge is 2.44. The third kappa shape index (κ3) is 5.31. The molecule has 5 nitrogen and oxygen atoms in total. The SMILES string of the molecule is O=C(CCCCCC1(C(=O)O)CCC1)CCCCCC1(C(=O)O)CCC1. The summed E-state index contributed by atoms with van der Waals surface area (Å²) in [6, 6.07) is 0.